The monoisotopic (exact) mass is 407 g/mol. The smallest absolute Gasteiger partial charge is 0.391 e. The van der Waals surface area contributed by atoms with Gasteiger partial charge in [-0.2, -0.15) is 5.10 Å². The highest BCUT2D eigenvalue weighted by atomic mass is 35.6. The minimum absolute atomic E-state index is 0.123. The minimum atomic E-state index is -1.64. The Morgan fingerprint density at radius 2 is 1.96 bits per heavy atom. The van der Waals surface area contributed by atoms with Crippen LogP contribution in [0.4, 0.5) is 9.18 Å². The number of amides is 1. The molecule has 0 aliphatic carbocycles. The summed E-state index contributed by atoms with van der Waals surface area (Å²) in [7, 11) is 0. The molecule has 0 bridgehead atoms. The summed E-state index contributed by atoms with van der Waals surface area (Å²) in [5.41, 5.74) is 0.783. The van der Waals surface area contributed by atoms with Crippen molar-refractivity contribution in [2.45, 2.75) is 30.0 Å². The molecule has 0 unspecified atom stereocenters. The molecule has 0 fully saturated rings. The molecule has 0 spiro atoms. The largest absolute Gasteiger partial charge is 0.414 e. The minimum Gasteiger partial charge on any atom is -0.391 e. The lowest BCUT2D eigenvalue weighted by molar-refractivity contribution is 0.197. The summed E-state index contributed by atoms with van der Waals surface area (Å²) in [4.78, 5) is 11.9. The lowest BCUT2D eigenvalue weighted by atomic mass is 9.93. The van der Waals surface area contributed by atoms with E-state index in [9.17, 15) is 9.18 Å². The van der Waals surface area contributed by atoms with Crippen LogP contribution >= 0.6 is 34.8 Å². The van der Waals surface area contributed by atoms with Crippen LogP contribution in [0.2, 0.25) is 0 Å². The van der Waals surface area contributed by atoms with E-state index >= 15 is 0 Å². The number of carbonyl (C=O) groups excluding carboxylic acids is 1. The maximum absolute atomic E-state index is 13.5. The lowest BCUT2D eigenvalue weighted by Crippen LogP contribution is -2.34. The molecule has 0 radical (unpaired) electrons. The number of carbonyl (C=O) groups is 1. The van der Waals surface area contributed by atoms with Crippen molar-refractivity contribution in [2.24, 2.45) is 0 Å². The Morgan fingerprint density at radius 1 is 1.28 bits per heavy atom. The maximum atomic E-state index is 13.5. The number of hydrogen-bond acceptors (Lipinski definition) is 3. The molecule has 1 heterocycles. The van der Waals surface area contributed by atoms with Gasteiger partial charge in [-0.05, 0) is 18.2 Å². The predicted molar refractivity (Wildman–Crippen MR) is 96.5 cm³/mol. The van der Waals surface area contributed by atoms with E-state index in [-0.39, 0.29) is 17.8 Å². The molecule has 0 saturated carbocycles. The molecule has 2 rings (SSSR count). The number of ether oxygens (including phenoxy) is 1. The number of rotatable bonds is 3. The van der Waals surface area contributed by atoms with Crippen LogP contribution in [0.1, 0.15) is 26.5 Å². The fraction of sp³-hybridized carbons (Fsp3) is 0.375. The fourth-order valence-electron chi connectivity index (χ4n) is 1.90. The first-order valence-electron chi connectivity index (χ1n) is 7.34. The highest BCUT2D eigenvalue weighted by Gasteiger charge is 2.24. The summed E-state index contributed by atoms with van der Waals surface area (Å²) in [5.74, 6) is -0.311. The van der Waals surface area contributed by atoms with Crippen molar-refractivity contribution in [3.05, 3.63) is 41.8 Å². The van der Waals surface area contributed by atoms with Crippen molar-refractivity contribution in [3.8, 4) is 11.6 Å². The van der Waals surface area contributed by atoms with Crippen molar-refractivity contribution in [3.63, 3.8) is 0 Å². The number of alkyl halides is 3. The van der Waals surface area contributed by atoms with E-state index < -0.39 is 15.7 Å². The molecule has 1 aromatic carbocycles. The normalized spacial score (nSPS) is 12.1. The zero-order valence-electron chi connectivity index (χ0n) is 13.8. The second kappa shape index (κ2) is 7.40. The molecular weight excluding hydrogens is 392 g/mol. The van der Waals surface area contributed by atoms with E-state index in [2.05, 4.69) is 10.4 Å². The van der Waals surface area contributed by atoms with Crippen molar-refractivity contribution in [2.75, 3.05) is 6.54 Å². The highest BCUT2D eigenvalue weighted by molar-refractivity contribution is 6.67. The Labute approximate surface area is 160 Å². The molecule has 25 heavy (non-hydrogen) atoms. The molecule has 1 amide bonds. The van der Waals surface area contributed by atoms with E-state index in [1.165, 1.54) is 22.9 Å². The molecule has 0 aliphatic rings. The van der Waals surface area contributed by atoms with Crippen molar-refractivity contribution < 1.29 is 13.9 Å². The molecule has 0 atom stereocenters. The zero-order chi connectivity index (χ0) is 18.8. The van der Waals surface area contributed by atoms with Gasteiger partial charge >= 0.3 is 6.09 Å². The van der Waals surface area contributed by atoms with Crippen molar-refractivity contribution in [1.29, 1.82) is 0 Å². The molecule has 5 nitrogen and oxygen atoms in total. The van der Waals surface area contributed by atoms with Crippen LogP contribution in [0.5, 0.6) is 5.88 Å². The summed E-state index contributed by atoms with van der Waals surface area (Å²) < 4.78 is 18.5. The van der Waals surface area contributed by atoms with Crippen LogP contribution in [0.3, 0.4) is 0 Å². The topological polar surface area (TPSA) is 56.1 Å². The van der Waals surface area contributed by atoms with Crippen LogP contribution < -0.4 is 10.1 Å². The van der Waals surface area contributed by atoms with E-state index in [0.717, 1.165) is 0 Å². The van der Waals surface area contributed by atoms with E-state index in [4.69, 9.17) is 39.5 Å². The molecular formula is C16H17Cl3FN3O2. The number of benzene rings is 1. The average Bonchev–Trinajstić information content (AvgIpc) is 2.88. The average molecular weight is 409 g/mol. The van der Waals surface area contributed by atoms with Gasteiger partial charge in [0.05, 0.1) is 17.9 Å². The number of hydrogen-bond donors (Lipinski definition) is 1. The Kier molecular flexibility index (Phi) is 5.86. The molecule has 1 aromatic heterocycles. The SMILES string of the molecule is CC(C)(C)c1cc(OC(=O)NCC(Cl)(Cl)Cl)n(-c2cccc(F)c2)n1. The molecule has 0 saturated heterocycles. The van der Waals surface area contributed by atoms with Crippen molar-refractivity contribution >= 4 is 40.9 Å². The summed E-state index contributed by atoms with van der Waals surface area (Å²) >= 11 is 16.8. The van der Waals surface area contributed by atoms with Gasteiger partial charge in [0, 0.05) is 11.5 Å². The quantitative estimate of drug-likeness (QED) is 0.744. The third-order valence-corrected chi connectivity index (χ3v) is 3.53. The van der Waals surface area contributed by atoms with Crippen LogP contribution in [0, 0.1) is 5.82 Å². The van der Waals surface area contributed by atoms with Crippen LogP contribution in [0.25, 0.3) is 5.69 Å². The fourth-order valence-corrected chi connectivity index (χ4v) is 2.10. The summed E-state index contributed by atoms with van der Waals surface area (Å²) in [6.45, 7) is 5.64. The Morgan fingerprint density at radius 3 is 2.52 bits per heavy atom. The Bertz CT molecular complexity index is 767. The first-order chi connectivity index (χ1) is 11.5. The second-order valence-corrected chi connectivity index (χ2v) is 8.88. The first kappa shape index (κ1) is 19.8. The van der Waals surface area contributed by atoms with Gasteiger partial charge in [0.25, 0.3) is 0 Å². The van der Waals surface area contributed by atoms with Gasteiger partial charge in [0.1, 0.15) is 5.82 Å². The third kappa shape index (κ3) is 5.76. The number of halogens is 4. The van der Waals surface area contributed by atoms with Gasteiger partial charge in [-0.15, -0.1) is 0 Å². The van der Waals surface area contributed by atoms with Gasteiger partial charge in [0.2, 0.25) is 9.67 Å². The first-order valence-corrected chi connectivity index (χ1v) is 8.48. The lowest BCUT2D eigenvalue weighted by Gasteiger charge is -2.13. The van der Waals surface area contributed by atoms with Gasteiger partial charge in [0.15, 0.2) is 0 Å². The van der Waals surface area contributed by atoms with E-state index in [1.54, 1.807) is 12.1 Å². The van der Waals surface area contributed by atoms with Crippen LogP contribution in [-0.2, 0) is 5.41 Å². The second-order valence-electron chi connectivity index (χ2n) is 6.37. The van der Waals surface area contributed by atoms with Crippen LogP contribution in [-0.4, -0.2) is 26.2 Å². The maximum Gasteiger partial charge on any atom is 0.414 e. The Balaban J connectivity index is 2.32. The van der Waals surface area contributed by atoms with Crippen molar-refractivity contribution in [1.82, 2.24) is 15.1 Å². The standard InChI is InChI=1S/C16H17Cl3FN3O2/c1-15(2,3)12-8-13(25-14(24)21-9-16(17,18)19)23(22-12)11-6-4-5-10(20)7-11/h4-8H,9H2,1-3H3,(H,21,24). The molecule has 0 aliphatic heterocycles. The summed E-state index contributed by atoms with van der Waals surface area (Å²) in [6.07, 6.45) is -0.815. The molecule has 1 N–H and O–H groups in total. The van der Waals surface area contributed by atoms with Gasteiger partial charge in [-0.1, -0.05) is 61.6 Å². The number of nitrogens with one attached hydrogen (secondary N) is 1. The predicted octanol–water partition coefficient (Wildman–Crippen LogP) is 4.77. The highest BCUT2D eigenvalue weighted by Crippen LogP contribution is 2.28. The van der Waals surface area contributed by atoms with E-state index in [1.807, 2.05) is 20.8 Å². The van der Waals surface area contributed by atoms with Gasteiger partial charge in [-0.25, -0.2) is 13.9 Å². The summed E-state index contributed by atoms with van der Waals surface area (Å²) in [5, 5.41) is 6.76. The molecule has 136 valence electrons. The van der Waals surface area contributed by atoms with Gasteiger partial charge in [-0.3, -0.25) is 0 Å². The Hall–Kier alpha value is -1.50. The molecule has 2 aromatic rings. The van der Waals surface area contributed by atoms with E-state index in [0.29, 0.717) is 11.4 Å². The summed E-state index contributed by atoms with van der Waals surface area (Å²) in [6, 6.07) is 7.39. The third-order valence-electron chi connectivity index (χ3n) is 3.13. The van der Waals surface area contributed by atoms with Gasteiger partial charge < -0.3 is 10.1 Å². The number of aromatic nitrogens is 2. The van der Waals surface area contributed by atoms with Crippen LogP contribution in [0.15, 0.2) is 30.3 Å². The molecule has 9 heteroatoms. The zero-order valence-corrected chi connectivity index (χ0v) is 16.1. The number of nitrogens with zero attached hydrogens (tertiary/aromatic N) is 2.